The van der Waals surface area contributed by atoms with E-state index >= 15 is 0 Å². The largest absolute Gasteiger partial charge is 0.369 e. The highest BCUT2D eigenvalue weighted by atomic mass is 16.6. The van der Waals surface area contributed by atoms with E-state index in [1.807, 2.05) is 0 Å². The molecule has 3 heteroatoms. The number of hydrogen-bond acceptors (Lipinski definition) is 3. The van der Waals surface area contributed by atoms with Crippen molar-refractivity contribution in [3.63, 3.8) is 0 Å². The van der Waals surface area contributed by atoms with Crippen LogP contribution >= 0.6 is 0 Å². The van der Waals surface area contributed by atoms with Gasteiger partial charge in [0.25, 0.3) is 0 Å². The summed E-state index contributed by atoms with van der Waals surface area (Å²) in [4.78, 5) is 0. The molecule has 0 amide bonds. The third-order valence-electron chi connectivity index (χ3n) is 7.23. The molecule has 120 valence electrons. The molecule has 4 rings (SSSR count). The first-order chi connectivity index (χ1) is 9.45. The Hall–Kier alpha value is -0.120. The van der Waals surface area contributed by atoms with Gasteiger partial charge in [0, 0.05) is 12.8 Å². The molecule has 4 aliphatic rings. The Morgan fingerprint density at radius 1 is 0.571 bits per heavy atom. The van der Waals surface area contributed by atoms with Crippen molar-refractivity contribution in [3.05, 3.63) is 0 Å². The highest BCUT2D eigenvalue weighted by Crippen LogP contribution is 2.63. The van der Waals surface area contributed by atoms with E-state index in [-0.39, 0.29) is 33.6 Å². The van der Waals surface area contributed by atoms with Crippen LogP contribution in [0, 0.1) is 0 Å². The van der Waals surface area contributed by atoms with Gasteiger partial charge in [-0.25, -0.2) is 0 Å². The fourth-order valence-electron chi connectivity index (χ4n) is 5.40. The van der Waals surface area contributed by atoms with E-state index in [2.05, 4.69) is 41.5 Å². The van der Waals surface area contributed by atoms with Gasteiger partial charge in [0.1, 0.15) is 0 Å². The summed E-state index contributed by atoms with van der Waals surface area (Å²) < 4.78 is 18.8. The SMILES string of the molecule is CC1(OC2(C)CCC3(C)OC3(C)C2)CCC2(C)OC2(C)C1. The minimum atomic E-state index is -0.0570. The molecule has 21 heavy (non-hydrogen) atoms. The molecular formula is C18H30O3. The average Bonchev–Trinajstić information content (AvgIpc) is 3.06. The zero-order valence-electron chi connectivity index (χ0n) is 14.5. The molecule has 0 bridgehead atoms. The maximum absolute atomic E-state index is 6.76. The number of epoxide rings is 2. The third kappa shape index (κ3) is 1.90. The van der Waals surface area contributed by atoms with Crippen molar-refractivity contribution >= 4 is 0 Å². The van der Waals surface area contributed by atoms with Gasteiger partial charge in [-0.05, 0) is 67.2 Å². The van der Waals surface area contributed by atoms with E-state index in [1.54, 1.807) is 0 Å². The van der Waals surface area contributed by atoms with Gasteiger partial charge in [-0.15, -0.1) is 0 Å². The molecule has 2 aliphatic carbocycles. The summed E-state index contributed by atoms with van der Waals surface area (Å²) >= 11 is 0. The third-order valence-corrected chi connectivity index (χ3v) is 7.23. The van der Waals surface area contributed by atoms with Gasteiger partial charge in [0.15, 0.2) is 0 Å². The summed E-state index contributed by atoms with van der Waals surface area (Å²) in [5, 5.41) is 0. The van der Waals surface area contributed by atoms with Crippen LogP contribution in [0.5, 0.6) is 0 Å². The van der Waals surface area contributed by atoms with Gasteiger partial charge >= 0.3 is 0 Å². The highest BCUT2D eigenvalue weighted by Gasteiger charge is 2.71. The fourth-order valence-corrected chi connectivity index (χ4v) is 5.40. The Balaban J connectivity index is 1.48. The van der Waals surface area contributed by atoms with Crippen LogP contribution in [0.2, 0.25) is 0 Å². The number of fused-ring (bicyclic) bond motifs is 2. The molecule has 6 unspecified atom stereocenters. The van der Waals surface area contributed by atoms with Crippen molar-refractivity contribution in [1.29, 1.82) is 0 Å². The Bertz CT molecular complexity index is 463. The van der Waals surface area contributed by atoms with Crippen molar-refractivity contribution in [2.45, 2.75) is 114 Å². The molecule has 0 aromatic heterocycles. The lowest BCUT2D eigenvalue weighted by atomic mass is 9.71. The summed E-state index contributed by atoms with van der Waals surface area (Å²) in [5.41, 5.74) is 0.150. The van der Waals surface area contributed by atoms with Gasteiger partial charge in [-0.2, -0.15) is 0 Å². The van der Waals surface area contributed by atoms with E-state index in [4.69, 9.17) is 14.2 Å². The molecule has 2 saturated carbocycles. The van der Waals surface area contributed by atoms with E-state index in [1.165, 1.54) is 0 Å². The second-order valence-corrected chi connectivity index (χ2v) is 9.48. The zero-order valence-corrected chi connectivity index (χ0v) is 14.5. The summed E-state index contributed by atoms with van der Waals surface area (Å²) in [6, 6.07) is 0. The molecule has 0 aromatic carbocycles. The van der Waals surface area contributed by atoms with Crippen LogP contribution in [0.3, 0.4) is 0 Å². The normalized spacial score (nSPS) is 65.4. The quantitative estimate of drug-likeness (QED) is 0.722. The number of ether oxygens (including phenoxy) is 3. The predicted molar refractivity (Wildman–Crippen MR) is 81.4 cm³/mol. The fraction of sp³-hybridized carbons (Fsp3) is 1.00. The van der Waals surface area contributed by atoms with E-state index in [0.29, 0.717) is 0 Å². The molecule has 2 saturated heterocycles. The van der Waals surface area contributed by atoms with Crippen molar-refractivity contribution in [2.75, 3.05) is 0 Å². The summed E-state index contributed by atoms with van der Waals surface area (Å²) in [7, 11) is 0. The van der Waals surface area contributed by atoms with Crippen molar-refractivity contribution in [3.8, 4) is 0 Å². The van der Waals surface area contributed by atoms with Gasteiger partial charge < -0.3 is 14.2 Å². The smallest absolute Gasteiger partial charge is 0.0976 e. The topological polar surface area (TPSA) is 34.3 Å². The maximum Gasteiger partial charge on any atom is 0.0976 e. The van der Waals surface area contributed by atoms with E-state index in [9.17, 15) is 0 Å². The van der Waals surface area contributed by atoms with Crippen LogP contribution in [0.15, 0.2) is 0 Å². The van der Waals surface area contributed by atoms with Crippen LogP contribution in [0.1, 0.15) is 80.1 Å². The van der Waals surface area contributed by atoms with Crippen molar-refractivity contribution < 1.29 is 14.2 Å². The summed E-state index contributed by atoms with van der Waals surface area (Å²) in [5.74, 6) is 0. The predicted octanol–water partition coefficient (Wildman–Crippen LogP) is 3.98. The Labute approximate surface area is 128 Å². The second-order valence-electron chi connectivity index (χ2n) is 9.48. The molecule has 0 N–H and O–H groups in total. The molecular weight excluding hydrogens is 264 g/mol. The lowest BCUT2D eigenvalue weighted by Crippen LogP contribution is -2.51. The lowest BCUT2D eigenvalue weighted by Gasteiger charge is -2.46. The minimum absolute atomic E-state index is 0.0273. The summed E-state index contributed by atoms with van der Waals surface area (Å²) in [6.07, 6.45) is 6.46. The highest BCUT2D eigenvalue weighted by molar-refractivity contribution is 5.19. The maximum atomic E-state index is 6.76. The van der Waals surface area contributed by atoms with Crippen LogP contribution in [-0.2, 0) is 14.2 Å². The zero-order chi connectivity index (χ0) is 15.4. The first kappa shape index (κ1) is 14.5. The molecule has 0 radical (unpaired) electrons. The van der Waals surface area contributed by atoms with Crippen molar-refractivity contribution in [2.24, 2.45) is 0 Å². The molecule has 2 heterocycles. The Morgan fingerprint density at radius 2 is 0.952 bits per heavy atom. The van der Waals surface area contributed by atoms with Crippen LogP contribution < -0.4 is 0 Å². The lowest BCUT2D eigenvalue weighted by molar-refractivity contribution is -0.174. The minimum Gasteiger partial charge on any atom is -0.369 e. The molecule has 4 fully saturated rings. The monoisotopic (exact) mass is 294 g/mol. The number of hydrogen-bond donors (Lipinski definition) is 0. The Kier molecular flexibility index (Phi) is 2.42. The molecule has 2 aliphatic heterocycles. The van der Waals surface area contributed by atoms with Crippen LogP contribution in [0.25, 0.3) is 0 Å². The van der Waals surface area contributed by atoms with E-state index in [0.717, 1.165) is 38.5 Å². The molecule has 0 aromatic rings. The first-order valence-electron chi connectivity index (χ1n) is 8.55. The Morgan fingerprint density at radius 3 is 1.29 bits per heavy atom. The number of rotatable bonds is 2. The van der Waals surface area contributed by atoms with Crippen LogP contribution in [-0.4, -0.2) is 33.6 Å². The van der Waals surface area contributed by atoms with E-state index < -0.39 is 0 Å². The first-order valence-corrected chi connectivity index (χ1v) is 8.55. The van der Waals surface area contributed by atoms with Crippen LogP contribution in [0.4, 0.5) is 0 Å². The molecule has 6 atom stereocenters. The van der Waals surface area contributed by atoms with Gasteiger partial charge in [0.2, 0.25) is 0 Å². The van der Waals surface area contributed by atoms with Gasteiger partial charge in [0.05, 0.1) is 33.6 Å². The van der Waals surface area contributed by atoms with Gasteiger partial charge in [-0.3, -0.25) is 0 Å². The second kappa shape index (κ2) is 3.52. The standard InChI is InChI=1S/C18H30O3/c1-13(7-9-15(3)17(5,11-13)20-15)19-14(2)8-10-16(4)18(6,12-14)21-16/h7-12H2,1-6H3. The molecule has 0 spiro atoms. The average molecular weight is 294 g/mol. The van der Waals surface area contributed by atoms with Crippen molar-refractivity contribution in [1.82, 2.24) is 0 Å². The van der Waals surface area contributed by atoms with Gasteiger partial charge in [-0.1, -0.05) is 0 Å². The summed E-state index contributed by atoms with van der Waals surface area (Å²) in [6.45, 7) is 13.6. The molecule has 3 nitrogen and oxygen atoms in total.